The van der Waals surface area contributed by atoms with Gasteiger partial charge in [-0.05, 0) is 44.0 Å². The van der Waals surface area contributed by atoms with Crippen LogP contribution in [-0.2, 0) is 6.42 Å². The molecule has 0 aliphatic rings. The lowest BCUT2D eigenvalue weighted by Gasteiger charge is -2.16. The van der Waals surface area contributed by atoms with E-state index in [0.717, 1.165) is 11.3 Å². The van der Waals surface area contributed by atoms with E-state index in [9.17, 15) is 13.2 Å². The molecule has 0 fully saturated rings. The van der Waals surface area contributed by atoms with Crippen LogP contribution in [-0.4, -0.2) is 12.4 Å². The van der Waals surface area contributed by atoms with E-state index in [0.29, 0.717) is 6.42 Å². The molecule has 0 radical (unpaired) electrons. The summed E-state index contributed by atoms with van der Waals surface area (Å²) in [7, 11) is 0. The van der Waals surface area contributed by atoms with Crippen molar-refractivity contribution in [2.24, 2.45) is 0 Å². The van der Waals surface area contributed by atoms with Crippen LogP contribution in [0.15, 0.2) is 30.9 Å². The van der Waals surface area contributed by atoms with Crippen molar-refractivity contribution >= 4 is 5.69 Å². The molecule has 0 saturated carbocycles. The van der Waals surface area contributed by atoms with Crippen molar-refractivity contribution < 1.29 is 17.9 Å². The van der Waals surface area contributed by atoms with Crippen LogP contribution in [0.25, 0.3) is 0 Å². The summed E-state index contributed by atoms with van der Waals surface area (Å²) in [6.45, 7) is 7.50. The van der Waals surface area contributed by atoms with Crippen molar-refractivity contribution in [1.82, 2.24) is 0 Å². The van der Waals surface area contributed by atoms with Gasteiger partial charge in [0.05, 0.1) is 0 Å². The van der Waals surface area contributed by atoms with Gasteiger partial charge in [0.2, 0.25) is 0 Å². The number of hydrogen-bond donors (Lipinski definition) is 1. The van der Waals surface area contributed by atoms with Gasteiger partial charge in [0.25, 0.3) is 0 Å². The van der Waals surface area contributed by atoms with Crippen molar-refractivity contribution in [3.8, 4) is 5.75 Å². The lowest BCUT2D eigenvalue weighted by Crippen LogP contribution is -2.17. The Bertz CT molecular complexity index is 413. The van der Waals surface area contributed by atoms with Gasteiger partial charge in [-0.2, -0.15) is 0 Å². The fourth-order valence-corrected chi connectivity index (χ4v) is 1.54. The molecule has 0 bridgehead atoms. The Morgan fingerprint density at radius 2 is 2.06 bits per heavy atom. The van der Waals surface area contributed by atoms with Gasteiger partial charge in [-0.1, -0.05) is 6.08 Å². The number of benzene rings is 1. The molecule has 18 heavy (non-hydrogen) atoms. The molecule has 1 rings (SSSR count). The molecular formula is C13H16F3NO. The molecule has 1 N–H and O–H groups in total. The predicted octanol–water partition coefficient (Wildman–Crippen LogP) is 4.13. The molecule has 1 aromatic rings. The first kappa shape index (κ1) is 14.4. The number of halogens is 3. The Morgan fingerprint density at radius 1 is 1.39 bits per heavy atom. The van der Waals surface area contributed by atoms with Gasteiger partial charge in [0.15, 0.2) is 0 Å². The highest BCUT2D eigenvalue weighted by molar-refractivity contribution is 5.55. The lowest BCUT2D eigenvalue weighted by atomic mass is 10.1. The molecule has 0 spiro atoms. The van der Waals surface area contributed by atoms with Gasteiger partial charge >= 0.3 is 6.36 Å². The fourth-order valence-electron chi connectivity index (χ4n) is 1.54. The average Bonchev–Trinajstić information content (AvgIpc) is 2.19. The molecule has 0 heterocycles. The highest BCUT2D eigenvalue weighted by atomic mass is 19.4. The molecule has 0 unspecified atom stereocenters. The molecule has 0 amide bonds. The molecule has 100 valence electrons. The van der Waals surface area contributed by atoms with Gasteiger partial charge in [0.1, 0.15) is 5.75 Å². The van der Waals surface area contributed by atoms with Crippen LogP contribution >= 0.6 is 0 Å². The maximum Gasteiger partial charge on any atom is 0.573 e. The van der Waals surface area contributed by atoms with Gasteiger partial charge in [0, 0.05) is 11.7 Å². The summed E-state index contributed by atoms with van der Waals surface area (Å²) in [4.78, 5) is 0. The first-order chi connectivity index (χ1) is 8.31. The third-order valence-electron chi connectivity index (χ3n) is 2.12. The van der Waals surface area contributed by atoms with E-state index >= 15 is 0 Å². The smallest absolute Gasteiger partial charge is 0.406 e. The number of anilines is 1. The predicted molar refractivity (Wildman–Crippen MR) is 65.8 cm³/mol. The Hall–Kier alpha value is -1.65. The topological polar surface area (TPSA) is 21.3 Å². The second-order valence-electron chi connectivity index (χ2n) is 4.16. The van der Waals surface area contributed by atoms with E-state index in [1.54, 1.807) is 12.1 Å². The highest BCUT2D eigenvalue weighted by Crippen LogP contribution is 2.28. The first-order valence-corrected chi connectivity index (χ1v) is 5.58. The number of allylic oxidation sites excluding steroid dienone is 1. The highest BCUT2D eigenvalue weighted by Gasteiger charge is 2.31. The molecule has 0 aliphatic heterocycles. The molecule has 0 atom stereocenters. The van der Waals surface area contributed by atoms with Crippen LogP contribution in [0, 0.1) is 0 Å². The van der Waals surface area contributed by atoms with Crippen LogP contribution in [0.3, 0.4) is 0 Å². The second kappa shape index (κ2) is 5.80. The summed E-state index contributed by atoms with van der Waals surface area (Å²) in [6, 6.07) is 4.45. The minimum absolute atomic E-state index is 0.197. The monoisotopic (exact) mass is 259 g/mol. The fraction of sp³-hybridized carbons (Fsp3) is 0.385. The quantitative estimate of drug-likeness (QED) is 0.802. The van der Waals surface area contributed by atoms with E-state index in [1.807, 2.05) is 13.8 Å². The molecular weight excluding hydrogens is 243 g/mol. The Morgan fingerprint density at radius 3 is 2.56 bits per heavy atom. The second-order valence-corrected chi connectivity index (χ2v) is 4.16. The van der Waals surface area contributed by atoms with Crippen LogP contribution in [0.5, 0.6) is 5.75 Å². The van der Waals surface area contributed by atoms with E-state index in [-0.39, 0.29) is 11.8 Å². The van der Waals surface area contributed by atoms with Gasteiger partial charge in [-0.3, -0.25) is 0 Å². The van der Waals surface area contributed by atoms with E-state index in [1.165, 1.54) is 12.1 Å². The molecule has 0 aromatic heterocycles. The number of alkyl halides is 3. The van der Waals surface area contributed by atoms with Crippen molar-refractivity contribution in [3.63, 3.8) is 0 Å². The summed E-state index contributed by atoms with van der Waals surface area (Å²) in [5.74, 6) is -0.214. The third-order valence-corrected chi connectivity index (χ3v) is 2.12. The average molecular weight is 259 g/mol. The SMILES string of the molecule is C=CCc1cc(OC(F)(F)F)ccc1NC(C)C. The van der Waals surface area contributed by atoms with E-state index in [4.69, 9.17) is 0 Å². The largest absolute Gasteiger partial charge is 0.573 e. The Labute approximate surface area is 104 Å². The number of ether oxygens (including phenoxy) is 1. The van der Waals surface area contributed by atoms with E-state index in [2.05, 4.69) is 16.6 Å². The molecule has 2 nitrogen and oxygen atoms in total. The maximum atomic E-state index is 12.1. The molecule has 0 aliphatic carbocycles. The third kappa shape index (κ3) is 4.69. The van der Waals surface area contributed by atoms with Crippen molar-refractivity contribution in [1.29, 1.82) is 0 Å². The van der Waals surface area contributed by atoms with Crippen molar-refractivity contribution in [2.75, 3.05) is 5.32 Å². The minimum Gasteiger partial charge on any atom is -0.406 e. The molecule has 0 saturated heterocycles. The van der Waals surface area contributed by atoms with Crippen LogP contribution in [0.1, 0.15) is 19.4 Å². The van der Waals surface area contributed by atoms with E-state index < -0.39 is 6.36 Å². The summed E-state index contributed by atoms with van der Waals surface area (Å²) in [6.07, 6.45) is -2.55. The van der Waals surface area contributed by atoms with Crippen molar-refractivity contribution in [2.45, 2.75) is 32.7 Å². The minimum atomic E-state index is -4.67. The standard InChI is InChI=1S/C13H16F3NO/c1-4-5-10-8-11(18-13(14,15)16)6-7-12(10)17-9(2)3/h4,6-9,17H,1,5H2,2-3H3. The zero-order valence-electron chi connectivity index (χ0n) is 10.3. The first-order valence-electron chi connectivity index (χ1n) is 5.58. The molecule has 5 heteroatoms. The normalized spacial score (nSPS) is 11.4. The zero-order chi connectivity index (χ0) is 13.8. The maximum absolute atomic E-state index is 12.1. The summed E-state index contributed by atoms with van der Waals surface area (Å²) in [5, 5.41) is 3.16. The lowest BCUT2D eigenvalue weighted by molar-refractivity contribution is -0.274. The summed E-state index contributed by atoms with van der Waals surface area (Å²) in [5.41, 5.74) is 1.51. The van der Waals surface area contributed by atoms with Crippen LogP contribution in [0.4, 0.5) is 18.9 Å². The summed E-state index contributed by atoms with van der Waals surface area (Å²) >= 11 is 0. The van der Waals surface area contributed by atoms with Crippen LogP contribution < -0.4 is 10.1 Å². The van der Waals surface area contributed by atoms with Crippen LogP contribution in [0.2, 0.25) is 0 Å². The summed E-state index contributed by atoms with van der Waals surface area (Å²) < 4.78 is 40.2. The van der Waals surface area contributed by atoms with Gasteiger partial charge < -0.3 is 10.1 Å². The number of nitrogens with one attached hydrogen (secondary N) is 1. The number of rotatable bonds is 5. The zero-order valence-corrected chi connectivity index (χ0v) is 10.3. The Kier molecular flexibility index (Phi) is 4.64. The van der Waals surface area contributed by atoms with Gasteiger partial charge in [-0.15, -0.1) is 19.8 Å². The van der Waals surface area contributed by atoms with Gasteiger partial charge in [-0.25, -0.2) is 0 Å². The number of hydrogen-bond acceptors (Lipinski definition) is 2. The molecule has 1 aromatic carbocycles. The Balaban J connectivity index is 2.98. The van der Waals surface area contributed by atoms with Crippen molar-refractivity contribution in [3.05, 3.63) is 36.4 Å².